The molecule has 1 nitrogen and oxygen atoms in total. The lowest BCUT2D eigenvalue weighted by molar-refractivity contribution is 0.472. The molecule has 11 heavy (non-hydrogen) atoms. The van der Waals surface area contributed by atoms with Crippen LogP contribution in [-0.2, 0) is 0 Å². The van der Waals surface area contributed by atoms with Crippen molar-refractivity contribution >= 4 is 17.4 Å². The second-order valence-electron chi connectivity index (χ2n) is 3.50. The van der Waals surface area contributed by atoms with Gasteiger partial charge in [-0.15, -0.1) is 0 Å². The summed E-state index contributed by atoms with van der Waals surface area (Å²) in [5.74, 6) is 0.828. The van der Waals surface area contributed by atoms with Gasteiger partial charge in [0.2, 0.25) is 0 Å². The minimum atomic E-state index is 0.477. The molecule has 0 amide bonds. The largest absolute Gasteiger partial charge is 0.229 e. The number of hydrogen-bond acceptors (Lipinski definition) is 2. The second-order valence-corrected chi connectivity index (χ2v) is 3.68. The van der Waals surface area contributed by atoms with E-state index in [-0.39, 0.29) is 0 Å². The predicted molar refractivity (Wildman–Crippen MR) is 51.1 cm³/mol. The predicted octanol–water partition coefficient (Wildman–Crippen LogP) is 3.06. The molecule has 2 atom stereocenters. The summed E-state index contributed by atoms with van der Waals surface area (Å²) in [6, 6.07) is 0.477. The van der Waals surface area contributed by atoms with Gasteiger partial charge in [0.15, 0.2) is 0 Å². The number of hydrogen-bond donors (Lipinski definition) is 0. The Morgan fingerprint density at radius 1 is 1.36 bits per heavy atom. The summed E-state index contributed by atoms with van der Waals surface area (Å²) >= 11 is 4.60. The van der Waals surface area contributed by atoms with Crippen molar-refractivity contribution in [3.63, 3.8) is 0 Å². The van der Waals surface area contributed by atoms with Crippen molar-refractivity contribution in [1.82, 2.24) is 0 Å². The van der Waals surface area contributed by atoms with Crippen LogP contribution in [0.4, 0.5) is 0 Å². The molecule has 62 valence electrons. The van der Waals surface area contributed by atoms with Gasteiger partial charge in [0.1, 0.15) is 0 Å². The molecule has 0 N–H and O–H groups in total. The molecule has 0 radical (unpaired) electrons. The lowest BCUT2D eigenvalue weighted by atomic mass is 10.0. The Morgan fingerprint density at radius 2 is 2.09 bits per heavy atom. The molecular formula is C9H15NS. The Bertz CT molecular complexity index is 161. The third-order valence-corrected chi connectivity index (χ3v) is 2.50. The first-order chi connectivity index (χ1) is 5.33. The number of thiocarbonyl (C=S) groups is 1. The van der Waals surface area contributed by atoms with E-state index in [1.54, 1.807) is 0 Å². The fraction of sp³-hybridized carbons (Fsp3) is 0.889. The van der Waals surface area contributed by atoms with Gasteiger partial charge in [-0.25, -0.2) is 4.99 Å². The van der Waals surface area contributed by atoms with Crippen LogP contribution in [0.2, 0.25) is 0 Å². The highest BCUT2D eigenvalue weighted by Crippen LogP contribution is 2.24. The topological polar surface area (TPSA) is 12.4 Å². The van der Waals surface area contributed by atoms with Crippen LogP contribution >= 0.6 is 12.2 Å². The van der Waals surface area contributed by atoms with Crippen LogP contribution in [0.1, 0.15) is 39.0 Å². The molecule has 0 spiro atoms. The zero-order valence-corrected chi connectivity index (χ0v) is 7.86. The first-order valence-corrected chi connectivity index (χ1v) is 4.80. The van der Waals surface area contributed by atoms with Gasteiger partial charge >= 0.3 is 0 Å². The van der Waals surface area contributed by atoms with Crippen LogP contribution < -0.4 is 0 Å². The summed E-state index contributed by atoms with van der Waals surface area (Å²) in [5, 5.41) is 2.49. The smallest absolute Gasteiger partial charge is 0.0605 e. The Hall–Kier alpha value is -0.200. The van der Waals surface area contributed by atoms with E-state index in [4.69, 9.17) is 0 Å². The molecule has 0 aromatic heterocycles. The monoisotopic (exact) mass is 169 g/mol. The molecule has 0 saturated heterocycles. The summed E-state index contributed by atoms with van der Waals surface area (Å²) in [7, 11) is 0. The van der Waals surface area contributed by atoms with Crippen molar-refractivity contribution in [1.29, 1.82) is 0 Å². The molecule has 2 heteroatoms. The van der Waals surface area contributed by atoms with Crippen molar-refractivity contribution in [2.24, 2.45) is 10.9 Å². The van der Waals surface area contributed by atoms with Gasteiger partial charge in [-0.2, -0.15) is 0 Å². The van der Waals surface area contributed by atoms with Crippen LogP contribution in [0.25, 0.3) is 0 Å². The van der Waals surface area contributed by atoms with E-state index in [0.29, 0.717) is 6.04 Å². The molecule has 0 aromatic carbocycles. The van der Waals surface area contributed by atoms with E-state index in [2.05, 4.69) is 29.3 Å². The van der Waals surface area contributed by atoms with Crippen LogP contribution in [0.3, 0.4) is 0 Å². The third kappa shape index (κ3) is 3.13. The van der Waals surface area contributed by atoms with E-state index in [1.165, 1.54) is 32.1 Å². The zero-order chi connectivity index (χ0) is 8.10. The Morgan fingerprint density at radius 3 is 2.82 bits per heavy atom. The summed E-state index contributed by atoms with van der Waals surface area (Å²) in [4.78, 5) is 4.16. The molecule has 1 fully saturated rings. The molecule has 0 bridgehead atoms. The number of aliphatic imine (C=N–C) groups is 1. The quantitative estimate of drug-likeness (QED) is 0.334. The van der Waals surface area contributed by atoms with Crippen LogP contribution in [0.5, 0.6) is 0 Å². The van der Waals surface area contributed by atoms with Crippen molar-refractivity contribution in [2.75, 3.05) is 0 Å². The molecule has 1 aliphatic rings. The van der Waals surface area contributed by atoms with E-state index in [1.807, 2.05) is 0 Å². The number of rotatable bonds is 1. The van der Waals surface area contributed by atoms with Crippen molar-refractivity contribution in [3.8, 4) is 0 Å². The Labute approximate surface area is 73.9 Å². The summed E-state index contributed by atoms with van der Waals surface area (Å²) < 4.78 is 0. The minimum Gasteiger partial charge on any atom is -0.229 e. The molecule has 1 rings (SSSR count). The molecule has 0 aliphatic heterocycles. The van der Waals surface area contributed by atoms with Gasteiger partial charge in [-0.05, 0) is 31.0 Å². The highest BCUT2D eigenvalue weighted by molar-refractivity contribution is 7.78. The summed E-state index contributed by atoms with van der Waals surface area (Å²) in [6.45, 7) is 2.30. The zero-order valence-electron chi connectivity index (χ0n) is 7.05. The molecular weight excluding hydrogens is 154 g/mol. The van der Waals surface area contributed by atoms with Crippen molar-refractivity contribution < 1.29 is 0 Å². The van der Waals surface area contributed by atoms with Gasteiger partial charge in [0, 0.05) is 0 Å². The van der Waals surface area contributed by atoms with E-state index in [9.17, 15) is 0 Å². The highest BCUT2D eigenvalue weighted by Gasteiger charge is 2.15. The molecule has 2 unspecified atom stereocenters. The lowest BCUT2D eigenvalue weighted by Crippen LogP contribution is -2.05. The van der Waals surface area contributed by atoms with Gasteiger partial charge in [-0.1, -0.05) is 26.2 Å². The normalized spacial score (nSPS) is 32.1. The second kappa shape index (κ2) is 4.63. The maximum absolute atomic E-state index is 4.60. The van der Waals surface area contributed by atoms with Crippen molar-refractivity contribution in [2.45, 2.75) is 45.1 Å². The third-order valence-electron chi connectivity index (χ3n) is 2.39. The van der Waals surface area contributed by atoms with E-state index >= 15 is 0 Å². The number of nitrogens with zero attached hydrogens (tertiary/aromatic N) is 1. The lowest BCUT2D eigenvalue weighted by Gasteiger charge is -2.09. The molecule has 1 saturated carbocycles. The maximum atomic E-state index is 4.60. The minimum absolute atomic E-state index is 0.477. The van der Waals surface area contributed by atoms with Gasteiger partial charge in [-0.3, -0.25) is 0 Å². The van der Waals surface area contributed by atoms with Gasteiger partial charge < -0.3 is 0 Å². The molecule has 0 heterocycles. The van der Waals surface area contributed by atoms with Crippen LogP contribution in [0.15, 0.2) is 4.99 Å². The highest BCUT2D eigenvalue weighted by atomic mass is 32.1. The standard InChI is InChI=1S/C9H15NS/c1-8-4-2-3-5-9(6-8)10-7-11/h8-9H,2-6H2,1H3. The first-order valence-electron chi connectivity index (χ1n) is 4.40. The van der Waals surface area contributed by atoms with E-state index in [0.717, 1.165) is 5.92 Å². The first kappa shape index (κ1) is 8.89. The summed E-state index contributed by atoms with van der Waals surface area (Å²) in [6.07, 6.45) is 6.47. The summed E-state index contributed by atoms with van der Waals surface area (Å²) in [5.41, 5.74) is 0. The van der Waals surface area contributed by atoms with Gasteiger partial charge in [0.25, 0.3) is 0 Å². The Balaban J connectivity index is 2.45. The molecule has 1 aliphatic carbocycles. The SMILES string of the molecule is CC1CCCCC(N=C=S)C1. The van der Waals surface area contributed by atoms with Crippen LogP contribution in [-0.4, -0.2) is 11.2 Å². The Kier molecular flexibility index (Phi) is 3.74. The number of isothiocyanates is 1. The molecule has 0 aromatic rings. The van der Waals surface area contributed by atoms with E-state index < -0.39 is 0 Å². The average Bonchev–Trinajstić information content (AvgIpc) is 2.15. The van der Waals surface area contributed by atoms with Crippen molar-refractivity contribution in [3.05, 3.63) is 0 Å². The fourth-order valence-corrected chi connectivity index (χ4v) is 1.91. The maximum Gasteiger partial charge on any atom is 0.0605 e. The average molecular weight is 169 g/mol. The van der Waals surface area contributed by atoms with Crippen LogP contribution in [0, 0.1) is 5.92 Å². The fourth-order valence-electron chi connectivity index (χ4n) is 1.76. The van der Waals surface area contributed by atoms with Gasteiger partial charge in [0.05, 0.1) is 11.2 Å².